The van der Waals surface area contributed by atoms with Gasteiger partial charge in [0.2, 0.25) is 5.95 Å². The van der Waals surface area contributed by atoms with Gasteiger partial charge in [-0.2, -0.15) is 9.49 Å². The van der Waals surface area contributed by atoms with E-state index in [-0.39, 0.29) is 12.6 Å². The lowest BCUT2D eigenvalue weighted by molar-refractivity contribution is 0.0747. The van der Waals surface area contributed by atoms with Gasteiger partial charge in [0.05, 0.1) is 0 Å². The van der Waals surface area contributed by atoms with Crippen molar-refractivity contribution in [3.8, 4) is 0 Å². The van der Waals surface area contributed by atoms with Gasteiger partial charge in [-0.1, -0.05) is 38.6 Å². The van der Waals surface area contributed by atoms with Gasteiger partial charge in [-0.15, -0.1) is 0 Å². The number of halogens is 3. The summed E-state index contributed by atoms with van der Waals surface area (Å²) in [6.07, 6.45) is -1.51. The molecule has 0 saturated heterocycles. The third kappa shape index (κ3) is 4.23. The molecular formula is C22H26F3N3O. The van der Waals surface area contributed by atoms with Crippen LogP contribution < -0.4 is 0 Å². The number of hydrogen-bond acceptors (Lipinski definition) is 2. The van der Waals surface area contributed by atoms with Crippen molar-refractivity contribution in [2.24, 2.45) is 7.05 Å². The van der Waals surface area contributed by atoms with E-state index in [1.54, 1.807) is 0 Å². The molecule has 1 aliphatic rings. The summed E-state index contributed by atoms with van der Waals surface area (Å²) in [5.41, 5.74) is 2.38. The molecule has 1 fully saturated rings. The number of carbonyl (C=O) groups is 1. The van der Waals surface area contributed by atoms with Gasteiger partial charge in [-0.3, -0.25) is 4.79 Å². The highest BCUT2D eigenvalue weighted by Crippen LogP contribution is 2.33. The van der Waals surface area contributed by atoms with E-state index >= 15 is 0 Å². The number of hydrogen-bond donors (Lipinski definition) is 0. The summed E-state index contributed by atoms with van der Waals surface area (Å²) in [6.45, 7) is 10.5. The molecule has 0 atom stereocenters. The van der Waals surface area contributed by atoms with E-state index in [1.165, 1.54) is 17.5 Å². The smallest absolute Gasteiger partial charge is 0.283 e. The van der Waals surface area contributed by atoms with Gasteiger partial charge in [0, 0.05) is 19.6 Å². The number of benzene rings is 1. The molecule has 0 bridgehead atoms. The Hall–Kier alpha value is -2.57. The van der Waals surface area contributed by atoms with Crippen LogP contribution in [-0.2, 0) is 7.05 Å². The Morgan fingerprint density at radius 2 is 2.00 bits per heavy atom. The van der Waals surface area contributed by atoms with Crippen LogP contribution >= 0.6 is 0 Å². The third-order valence-electron chi connectivity index (χ3n) is 5.33. The van der Waals surface area contributed by atoms with Crippen molar-refractivity contribution < 1.29 is 18.0 Å². The predicted octanol–water partition coefficient (Wildman–Crippen LogP) is 5.25. The molecule has 0 spiro atoms. The van der Waals surface area contributed by atoms with Crippen molar-refractivity contribution in [3.63, 3.8) is 0 Å². The number of aryl methyl sites for hydroxylation is 2. The Labute approximate surface area is 169 Å². The third-order valence-corrected chi connectivity index (χ3v) is 5.33. The van der Waals surface area contributed by atoms with Crippen molar-refractivity contribution in [2.45, 2.75) is 52.0 Å². The molecule has 29 heavy (non-hydrogen) atoms. The molecule has 1 amide bonds. The minimum atomic E-state index is -3.03. The Bertz CT molecular complexity index is 945. The van der Waals surface area contributed by atoms with Crippen LogP contribution in [0.5, 0.6) is 0 Å². The zero-order chi connectivity index (χ0) is 21.5. The molecule has 0 N–H and O–H groups in total. The molecule has 4 nitrogen and oxygen atoms in total. The van der Waals surface area contributed by atoms with Crippen molar-refractivity contribution in [3.05, 3.63) is 58.7 Å². The fourth-order valence-corrected chi connectivity index (χ4v) is 3.50. The lowest BCUT2D eigenvalue weighted by Gasteiger charge is -2.24. The second-order valence-corrected chi connectivity index (χ2v) is 7.97. The van der Waals surface area contributed by atoms with Gasteiger partial charge in [0.15, 0.2) is 0 Å². The molecule has 1 heterocycles. The molecule has 1 saturated carbocycles. The average molecular weight is 405 g/mol. The first kappa shape index (κ1) is 21.1. The largest absolute Gasteiger partial charge is 0.331 e. The van der Waals surface area contributed by atoms with Gasteiger partial charge in [-0.25, -0.2) is 13.5 Å². The standard InChI is InChI=1S/C22H26F3N3O/c1-12(2)15-6-9-17(13(3)10-15)14(4)11-28(16-7-8-16)22(29)18-19(20(23)24)26-27(5)21(18)25/h6,9-10,12,16,20H,4,7-8,11H2,1-3,5H3. The topological polar surface area (TPSA) is 38.1 Å². The van der Waals surface area contributed by atoms with E-state index in [2.05, 4.69) is 31.6 Å². The minimum absolute atomic E-state index is 0.0976. The quantitative estimate of drug-likeness (QED) is 0.631. The first-order valence-corrected chi connectivity index (χ1v) is 9.72. The monoisotopic (exact) mass is 405 g/mol. The number of aromatic nitrogens is 2. The molecular weight excluding hydrogens is 379 g/mol. The van der Waals surface area contributed by atoms with Crippen LogP contribution in [0.3, 0.4) is 0 Å². The normalized spacial score (nSPS) is 14.0. The highest BCUT2D eigenvalue weighted by atomic mass is 19.3. The van der Waals surface area contributed by atoms with Crippen molar-refractivity contribution in [1.82, 2.24) is 14.7 Å². The molecule has 1 aliphatic carbocycles. The average Bonchev–Trinajstić information content (AvgIpc) is 3.44. The number of rotatable bonds is 7. The van der Waals surface area contributed by atoms with Crippen molar-refractivity contribution >= 4 is 11.5 Å². The zero-order valence-electron chi connectivity index (χ0n) is 17.2. The van der Waals surface area contributed by atoms with Crippen LogP contribution in [-0.4, -0.2) is 33.2 Å². The first-order valence-electron chi connectivity index (χ1n) is 9.72. The number of alkyl halides is 2. The van der Waals surface area contributed by atoms with Crippen LogP contribution in [0.25, 0.3) is 5.57 Å². The Morgan fingerprint density at radius 3 is 2.52 bits per heavy atom. The number of carbonyl (C=O) groups excluding carboxylic acids is 1. The maximum atomic E-state index is 14.4. The fraction of sp³-hybridized carbons (Fsp3) is 0.455. The van der Waals surface area contributed by atoms with Crippen LogP contribution in [0, 0.1) is 12.9 Å². The Morgan fingerprint density at radius 1 is 1.34 bits per heavy atom. The van der Waals surface area contributed by atoms with Gasteiger partial charge in [0.25, 0.3) is 12.3 Å². The summed E-state index contributed by atoms with van der Waals surface area (Å²) in [4.78, 5) is 14.5. The van der Waals surface area contributed by atoms with Crippen LogP contribution in [0.2, 0.25) is 0 Å². The molecule has 0 radical (unpaired) electrons. The second kappa shape index (κ2) is 8.05. The highest BCUT2D eigenvalue weighted by Gasteiger charge is 2.38. The molecule has 2 aromatic rings. The summed E-state index contributed by atoms with van der Waals surface area (Å²) in [7, 11) is 1.21. The molecule has 0 unspecified atom stereocenters. The van der Waals surface area contributed by atoms with E-state index in [0.717, 1.165) is 24.0 Å². The molecule has 1 aromatic heterocycles. The molecule has 156 valence electrons. The maximum absolute atomic E-state index is 14.4. The second-order valence-electron chi connectivity index (χ2n) is 7.97. The fourth-order valence-electron chi connectivity index (χ4n) is 3.50. The van der Waals surface area contributed by atoms with E-state index in [0.29, 0.717) is 16.2 Å². The number of nitrogens with zero attached hydrogens (tertiary/aromatic N) is 3. The Balaban J connectivity index is 1.89. The van der Waals surface area contributed by atoms with Crippen molar-refractivity contribution in [2.75, 3.05) is 6.54 Å². The highest BCUT2D eigenvalue weighted by molar-refractivity contribution is 5.96. The summed E-state index contributed by atoms with van der Waals surface area (Å²) in [6, 6.07) is 5.98. The Kier molecular flexibility index (Phi) is 5.87. The molecule has 7 heteroatoms. The summed E-state index contributed by atoms with van der Waals surface area (Å²) < 4.78 is 41.7. The lowest BCUT2D eigenvalue weighted by atomic mass is 9.94. The lowest BCUT2D eigenvalue weighted by Crippen LogP contribution is -2.35. The van der Waals surface area contributed by atoms with Crippen LogP contribution in [0.15, 0.2) is 24.8 Å². The zero-order valence-corrected chi connectivity index (χ0v) is 17.2. The number of amides is 1. The molecule has 3 rings (SSSR count). The summed E-state index contributed by atoms with van der Waals surface area (Å²) in [5, 5.41) is 3.49. The minimum Gasteiger partial charge on any atom is -0.331 e. The van der Waals surface area contributed by atoms with Gasteiger partial charge in [0.1, 0.15) is 11.3 Å². The van der Waals surface area contributed by atoms with E-state index in [9.17, 15) is 18.0 Å². The molecule has 1 aromatic carbocycles. The van der Waals surface area contributed by atoms with Gasteiger partial charge < -0.3 is 4.90 Å². The summed E-state index contributed by atoms with van der Waals surface area (Å²) >= 11 is 0. The summed E-state index contributed by atoms with van der Waals surface area (Å²) in [5.74, 6) is -1.41. The van der Waals surface area contributed by atoms with Crippen molar-refractivity contribution in [1.29, 1.82) is 0 Å². The maximum Gasteiger partial charge on any atom is 0.283 e. The van der Waals surface area contributed by atoms with E-state index in [1.807, 2.05) is 19.1 Å². The van der Waals surface area contributed by atoms with E-state index < -0.39 is 29.5 Å². The van der Waals surface area contributed by atoms with Crippen LogP contribution in [0.1, 0.15) is 71.8 Å². The van der Waals surface area contributed by atoms with Gasteiger partial charge >= 0.3 is 0 Å². The van der Waals surface area contributed by atoms with Gasteiger partial charge in [-0.05, 0) is 47.9 Å². The first-order chi connectivity index (χ1) is 13.6. The van der Waals surface area contributed by atoms with Crippen LogP contribution in [0.4, 0.5) is 13.2 Å². The van der Waals surface area contributed by atoms with E-state index in [4.69, 9.17) is 0 Å². The molecule has 0 aliphatic heterocycles. The SMILES string of the molecule is C=C(CN(C(=O)c1c(C(F)F)nn(C)c1F)C1CC1)c1ccc(C(C)C)cc1C. The predicted molar refractivity (Wildman–Crippen MR) is 106 cm³/mol.